The number of halogens is 1. The van der Waals surface area contributed by atoms with E-state index >= 15 is 0 Å². The molecular weight excluding hydrogens is 592 g/mol. The highest BCUT2D eigenvalue weighted by atomic mass is 35.5. The Morgan fingerprint density at radius 1 is 0.953 bits per heavy atom. The zero-order chi connectivity index (χ0) is 30.5. The Bertz CT molecular complexity index is 1020. The first kappa shape index (κ1) is 36.8. The van der Waals surface area contributed by atoms with E-state index < -0.39 is 48.1 Å². The van der Waals surface area contributed by atoms with Gasteiger partial charge in [0.1, 0.15) is 12.1 Å². The Kier molecular flexibility index (Phi) is 16.4. The summed E-state index contributed by atoms with van der Waals surface area (Å²) < 4.78 is 5.24. The number of hydrogen-bond acceptors (Lipinski definition) is 8. The van der Waals surface area contributed by atoms with Crippen LogP contribution < -0.4 is 21.3 Å². The summed E-state index contributed by atoms with van der Waals surface area (Å²) in [5, 5.41) is 22.7. The summed E-state index contributed by atoms with van der Waals surface area (Å²) >= 11 is 1.39. The van der Waals surface area contributed by atoms with Gasteiger partial charge in [0, 0.05) is 12.2 Å². The first-order chi connectivity index (χ1) is 20.2. The van der Waals surface area contributed by atoms with Crippen molar-refractivity contribution in [1.82, 2.24) is 21.3 Å². The van der Waals surface area contributed by atoms with E-state index in [2.05, 4.69) is 21.3 Å². The average molecular weight is 641 g/mol. The third-order valence-corrected chi connectivity index (χ3v) is 8.54. The van der Waals surface area contributed by atoms with Crippen molar-refractivity contribution in [2.45, 2.75) is 108 Å². The number of hydrogen-bond donors (Lipinski definition) is 5. The molecule has 0 radical (unpaired) electrons. The van der Waals surface area contributed by atoms with Crippen LogP contribution in [0.1, 0.15) is 70.8 Å². The van der Waals surface area contributed by atoms with E-state index in [1.54, 1.807) is 13.8 Å². The molecule has 5 atom stereocenters. The number of benzene rings is 1. The number of thioether (sulfide) groups is 1. The smallest absolute Gasteiger partial charge is 0.337 e. The fourth-order valence-electron chi connectivity index (χ4n) is 5.66. The molecule has 1 aliphatic heterocycles. The standard InChI is InChI=1S/C31H48N4O6S.ClH/c1-20(2)41-31(40)27(36)24(17-21-11-6-4-7-12-21)33-30(39)26(19-42-3)35-29(38)25(18-22-13-8-5-9-14-22)34-28(37)23-15-10-16-32-23;/h5,8-9,13-14,20-21,23-27,32,36H,4,6-7,10-12,15-19H2,1-3H3,(H,33,39)(H,34,37)(H,35,38);1H. The maximum atomic E-state index is 13.6. The van der Waals surface area contributed by atoms with Gasteiger partial charge in [-0.1, -0.05) is 62.4 Å². The molecular formula is C31H49ClN4O6S. The van der Waals surface area contributed by atoms with Crippen molar-refractivity contribution in [3.05, 3.63) is 35.9 Å². The third kappa shape index (κ3) is 12.3. The summed E-state index contributed by atoms with van der Waals surface area (Å²) in [5.41, 5.74) is 0.877. The van der Waals surface area contributed by atoms with Gasteiger partial charge in [-0.05, 0) is 57.4 Å². The molecule has 43 heavy (non-hydrogen) atoms. The lowest BCUT2D eigenvalue weighted by Crippen LogP contribution is -2.59. The van der Waals surface area contributed by atoms with E-state index in [-0.39, 0.29) is 42.4 Å². The number of nitrogens with one attached hydrogen (secondary N) is 4. The minimum atomic E-state index is -1.52. The fourth-order valence-corrected chi connectivity index (χ4v) is 6.23. The van der Waals surface area contributed by atoms with Crippen LogP contribution in [0.25, 0.3) is 0 Å². The van der Waals surface area contributed by atoms with Crippen molar-refractivity contribution < 1.29 is 29.0 Å². The van der Waals surface area contributed by atoms with E-state index in [9.17, 15) is 24.3 Å². The quantitative estimate of drug-likeness (QED) is 0.184. The number of amides is 3. The van der Waals surface area contributed by atoms with Gasteiger partial charge in [-0.15, -0.1) is 12.4 Å². The van der Waals surface area contributed by atoms with Crippen molar-refractivity contribution in [3.63, 3.8) is 0 Å². The number of esters is 1. The average Bonchev–Trinajstić information content (AvgIpc) is 3.52. The Morgan fingerprint density at radius 3 is 2.23 bits per heavy atom. The minimum Gasteiger partial charge on any atom is -0.461 e. The van der Waals surface area contributed by atoms with Gasteiger partial charge >= 0.3 is 5.97 Å². The second kappa shape index (κ2) is 19.1. The molecule has 10 nitrogen and oxygen atoms in total. The van der Waals surface area contributed by atoms with E-state index in [1.807, 2.05) is 36.6 Å². The molecule has 242 valence electrons. The van der Waals surface area contributed by atoms with Crippen molar-refractivity contribution in [3.8, 4) is 0 Å². The summed E-state index contributed by atoms with van der Waals surface area (Å²) in [6.07, 6.45) is 7.47. The molecule has 1 aliphatic carbocycles. The van der Waals surface area contributed by atoms with Crippen LogP contribution in [0.3, 0.4) is 0 Å². The Labute approximate surface area is 266 Å². The molecule has 2 fully saturated rings. The lowest BCUT2D eigenvalue weighted by molar-refractivity contribution is -0.159. The molecule has 3 amide bonds. The molecule has 3 rings (SSSR count). The highest BCUT2D eigenvalue weighted by Crippen LogP contribution is 2.28. The lowest BCUT2D eigenvalue weighted by atomic mass is 9.83. The summed E-state index contributed by atoms with van der Waals surface area (Å²) in [5.74, 6) is -1.43. The van der Waals surface area contributed by atoms with Gasteiger partial charge in [-0.3, -0.25) is 14.4 Å². The van der Waals surface area contributed by atoms with Gasteiger partial charge in [0.15, 0.2) is 6.10 Å². The lowest BCUT2D eigenvalue weighted by Gasteiger charge is -2.31. The fraction of sp³-hybridized carbons (Fsp3) is 0.677. The van der Waals surface area contributed by atoms with E-state index in [0.29, 0.717) is 12.8 Å². The van der Waals surface area contributed by atoms with Crippen molar-refractivity contribution in [2.24, 2.45) is 5.92 Å². The molecule has 5 N–H and O–H groups in total. The Hall–Kier alpha value is -2.34. The molecule has 1 heterocycles. The molecule has 12 heteroatoms. The molecule has 5 unspecified atom stereocenters. The van der Waals surface area contributed by atoms with Gasteiger partial charge in [0.2, 0.25) is 17.7 Å². The number of carbonyl (C=O) groups is 4. The third-order valence-electron chi connectivity index (χ3n) is 7.87. The second-order valence-electron chi connectivity index (χ2n) is 11.7. The van der Waals surface area contributed by atoms with Crippen molar-refractivity contribution in [1.29, 1.82) is 0 Å². The van der Waals surface area contributed by atoms with Crippen LogP contribution in [0.5, 0.6) is 0 Å². The molecule has 1 saturated heterocycles. The van der Waals surface area contributed by atoms with Gasteiger partial charge in [0.05, 0.1) is 18.2 Å². The highest BCUT2D eigenvalue weighted by Gasteiger charge is 2.35. The predicted octanol–water partition coefficient (Wildman–Crippen LogP) is 2.50. The zero-order valence-electron chi connectivity index (χ0n) is 25.5. The van der Waals surface area contributed by atoms with Crippen molar-refractivity contribution >= 4 is 47.9 Å². The molecule has 0 bridgehead atoms. The molecule has 1 saturated carbocycles. The Balaban J connectivity index is 0.00000645. The van der Waals surface area contributed by atoms with Crippen molar-refractivity contribution in [2.75, 3.05) is 18.6 Å². The number of aliphatic hydroxyl groups is 1. The van der Waals surface area contributed by atoms with Crippen LogP contribution >= 0.6 is 24.2 Å². The van der Waals surface area contributed by atoms with Crippen LogP contribution in [-0.4, -0.2) is 83.7 Å². The highest BCUT2D eigenvalue weighted by molar-refractivity contribution is 7.98. The van der Waals surface area contributed by atoms with Gasteiger partial charge in [0.25, 0.3) is 0 Å². The van der Waals surface area contributed by atoms with Gasteiger partial charge in [-0.25, -0.2) is 4.79 Å². The normalized spacial score (nSPS) is 19.8. The van der Waals surface area contributed by atoms with E-state index in [0.717, 1.165) is 50.6 Å². The van der Waals surface area contributed by atoms with Crippen LogP contribution in [0.15, 0.2) is 30.3 Å². The summed E-state index contributed by atoms with van der Waals surface area (Å²) in [6.45, 7) is 4.16. The number of carbonyl (C=O) groups excluding carboxylic acids is 4. The molecule has 1 aromatic carbocycles. The zero-order valence-corrected chi connectivity index (χ0v) is 27.1. The molecule has 2 aliphatic rings. The van der Waals surface area contributed by atoms with Gasteiger partial charge < -0.3 is 31.1 Å². The predicted molar refractivity (Wildman–Crippen MR) is 171 cm³/mol. The first-order valence-corrected chi connectivity index (χ1v) is 16.6. The van der Waals surface area contributed by atoms with Crippen LogP contribution in [-0.2, 0) is 30.3 Å². The molecule has 0 aromatic heterocycles. The topological polar surface area (TPSA) is 146 Å². The van der Waals surface area contributed by atoms with Crippen LogP contribution in [0, 0.1) is 5.92 Å². The second-order valence-corrected chi connectivity index (χ2v) is 12.6. The largest absolute Gasteiger partial charge is 0.461 e. The maximum absolute atomic E-state index is 13.6. The Morgan fingerprint density at radius 2 is 1.63 bits per heavy atom. The monoisotopic (exact) mass is 640 g/mol. The van der Waals surface area contributed by atoms with Crippen LogP contribution in [0.4, 0.5) is 0 Å². The van der Waals surface area contributed by atoms with Crippen LogP contribution in [0.2, 0.25) is 0 Å². The summed E-state index contributed by atoms with van der Waals surface area (Å²) in [4.78, 5) is 52.7. The molecule has 1 aromatic rings. The number of rotatable bonds is 15. The van der Waals surface area contributed by atoms with E-state index in [1.165, 1.54) is 11.8 Å². The summed E-state index contributed by atoms with van der Waals surface area (Å²) in [6, 6.07) is 6.38. The minimum absolute atomic E-state index is 0. The van der Waals surface area contributed by atoms with E-state index in [4.69, 9.17) is 4.74 Å². The SMILES string of the molecule is CSCC(NC(=O)C(Cc1ccccc1)NC(=O)C1CCCN1)C(=O)NC(CC1CCCCC1)C(O)C(=O)OC(C)C.Cl. The maximum Gasteiger partial charge on any atom is 0.337 e. The first-order valence-electron chi connectivity index (χ1n) is 15.2. The number of aliphatic hydroxyl groups excluding tert-OH is 1. The molecule has 0 spiro atoms. The summed E-state index contributed by atoms with van der Waals surface area (Å²) in [7, 11) is 0. The number of ether oxygens (including phenoxy) is 1. The van der Waals surface area contributed by atoms with Gasteiger partial charge in [-0.2, -0.15) is 11.8 Å².